The van der Waals surface area contributed by atoms with Gasteiger partial charge in [0.1, 0.15) is 16.9 Å². The van der Waals surface area contributed by atoms with Crippen LogP contribution >= 0.6 is 11.8 Å². The van der Waals surface area contributed by atoms with Gasteiger partial charge in [0.15, 0.2) is 0 Å². The van der Waals surface area contributed by atoms with E-state index in [1.807, 2.05) is 23.1 Å². The van der Waals surface area contributed by atoms with Gasteiger partial charge in [-0.25, -0.2) is 0 Å². The highest BCUT2D eigenvalue weighted by Crippen LogP contribution is 2.40. The van der Waals surface area contributed by atoms with Crippen LogP contribution in [0.15, 0.2) is 42.5 Å². The molecule has 1 atom stereocenters. The minimum Gasteiger partial charge on any atom is -0.497 e. The van der Waals surface area contributed by atoms with E-state index in [-0.39, 0.29) is 11.3 Å². The molecule has 0 N–H and O–H groups in total. The summed E-state index contributed by atoms with van der Waals surface area (Å²) in [5, 5.41) is 0.0515. The standard InChI is InChI=1S/C20H23NO3S/c1-4-14-5-7-16(8-6-14)20-21(19(22)13-25-20)12-15-9-17(23-2)11-18(10-15)24-3/h5-11,20H,4,12-13H2,1-3H3. The van der Waals surface area contributed by atoms with Crippen LogP contribution in [-0.4, -0.2) is 30.8 Å². The number of amides is 1. The van der Waals surface area contributed by atoms with Crippen LogP contribution in [0.3, 0.4) is 0 Å². The number of nitrogens with zero attached hydrogens (tertiary/aromatic N) is 1. The van der Waals surface area contributed by atoms with Gasteiger partial charge in [0.05, 0.1) is 20.0 Å². The quantitative estimate of drug-likeness (QED) is 0.782. The maximum absolute atomic E-state index is 12.4. The van der Waals surface area contributed by atoms with E-state index in [9.17, 15) is 4.79 Å². The summed E-state index contributed by atoms with van der Waals surface area (Å²) in [4.78, 5) is 14.4. The Balaban J connectivity index is 1.84. The highest BCUT2D eigenvalue weighted by atomic mass is 32.2. The number of methoxy groups -OCH3 is 2. The molecule has 132 valence electrons. The first-order valence-electron chi connectivity index (χ1n) is 8.36. The Bertz CT molecular complexity index is 723. The van der Waals surface area contributed by atoms with E-state index >= 15 is 0 Å². The number of rotatable bonds is 6. The van der Waals surface area contributed by atoms with Gasteiger partial charge in [-0.1, -0.05) is 31.2 Å². The number of benzene rings is 2. The zero-order chi connectivity index (χ0) is 17.8. The topological polar surface area (TPSA) is 38.8 Å². The van der Waals surface area contributed by atoms with Crippen molar-refractivity contribution < 1.29 is 14.3 Å². The van der Waals surface area contributed by atoms with Gasteiger partial charge in [0, 0.05) is 12.6 Å². The van der Waals surface area contributed by atoms with Crippen molar-refractivity contribution in [3.8, 4) is 11.5 Å². The van der Waals surface area contributed by atoms with Crippen LogP contribution in [0.2, 0.25) is 0 Å². The molecule has 2 aromatic carbocycles. The maximum Gasteiger partial charge on any atom is 0.234 e. The van der Waals surface area contributed by atoms with Gasteiger partial charge in [0.2, 0.25) is 5.91 Å². The normalized spacial score (nSPS) is 17.0. The summed E-state index contributed by atoms with van der Waals surface area (Å²) in [5.74, 6) is 2.15. The Morgan fingerprint density at radius 3 is 2.24 bits per heavy atom. The van der Waals surface area contributed by atoms with Crippen molar-refractivity contribution in [1.29, 1.82) is 0 Å². The van der Waals surface area contributed by atoms with E-state index in [2.05, 4.69) is 31.2 Å². The van der Waals surface area contributed by atoms with Gasteiger partial charge in [-0.3, -0.25) is 4.79 Å². The number of hydrogen-bond donors (Lipinski definition) is 0. The van der Waals surface area contributed by atoms with Crippen molar-refractivity contribution in [2.75, 3.05) is 20.0 Å². The fourth-order valence-corrected chi connectivity index (χ4v) is 4.16. The molecule has 1 saturated heterocycles. The van der Waals surface area contributed by atoms with E-state index < -0.39 is 0 Å². The molecular weight excluding hydrogens is 334 g/mol. The van der Waals surface area contributed by atoms with E-state index in [1.54, 1.807) is 26.0 Å². The molecule has 1 fully saturated rings. The van der Waals surface area contributed by atoms with Crippen molar-refractivity contribution >= 4 is 17.7 Å². The highest BCUT2D eigenvalue weighted by Gasteiger charge is 2.32. The summed E-state index contributed by atoms with van der Waals surface area (Å²) in [7, 11) is 3.26. The number of aryl methyl sites for hydroxylation is 1. The smallest absolute Gasteiger partial charge is 0.234 e. The van der Waals surface area contributed by atoms with E-state index in [0.717, 1.165) is 23.5 Å². The Morgan fingerprint density at radius 1 is 1.04 bits per heavy atom. The number of hydrogen-bond acceptors (Lipinski definition) is 4. The molecule has 1 unspecified atom stereocenters. The second-order valence-corrected chi connectivity index (χ2v) is 7.07. The van der Waals surface area contributed by atoms with Gasteiger partial charge in [-0.05, 0) is 35.2 Å². The average Bonchev–Trinajstić information content (AvgIpc) is 3.02. The fourth-order valence-electron chi connectivity index (χ4n) is 2.97. The molecule has 4 nitrogen and oxygen atoms in total. The van der Waals surface area contributed by atoms with Crippen LogP contribution in [0.5, 0.6) is 11.5 Å². The van der Waals surface area contributed by atoms with Gasteiger partial charge in [0.25, 0.3) is 0 Å². The molecule has 25 heavy (non-hydrogen) atoms. The van der Waals surface area contributed by atoms with Crippen LogP contribution in [0.1, 0.15) is 29.0 Å². The third-order valence-corrected chi connectivity index (χ3v) is 5.66. The van der Waals surface area contributed by atoms with Gasteiger partial charge in [-0.15, -0.1) is 11.8 Å². The molecule has 0 bridgehead atoms. The first-order chi connectivity index (χ1) is 12.1. The summed E-state index contributed by atoms with van der Waals surface area (Å²) in [6, 6.07) is 14.3. The van der Waals surface area contributed by atoms with E-state index in [4.69, 9.17) is 9.47 Å². The van der Waals surface area contributed by atoms with Gasteiger partial charge < -0.3 is 14.4 Å². The summed E-state index contributed by atoms with van der Waals surface area (Å²) in [5.41, 5.74) is 3.48. The fraction of sp³-hybridized carbons (Fsp3) is 0.350. The van der Waals surface area contributed by atoms with Crippen LogP contribution in [0.25, 0.3) is 0 Å². The zero-order valence-electron chi connectivity index (χ0n) is 14.8. The molecule has 1 heterocycles. The predicted molar refractivity (Wildman–Crippen MR) is 101 cm³/mol. The first-order valence-corrected chi connectivity index (χ1v) is 9.41. The maximum atomic E-state index is 12.4. The van der Waals surface area contributed by atoms with Crippen molar-refractivity contribution in [3.05, 3.63) is 59.2 Å². The third kappa shape index (κ3) is 3.93. The van der Waals surface area contributed by atoms with Gasteiger partial charge in [-0.2, -0.15) is 0 Å². The van der Waals surface area contributed by atoms with Crippen LogP contribution in [-0.2, 0) is 17.8 Å². The van der Waals surface area contributed by atoms with E-state index in [1.165, 1.54) is 11.1 Å². The molecule has 1 amide bonds. The molecule has 0 radical (unpaired) electrons. The number of ether oxygens (including phenoxy) is 2. The summed E-state index contributed by atoms with van der Waals surface area (Å²) >= 11 is 1.68. The number of carbonyl (C=O) groups is 1. The molecule has 5 heteroatoms. The van der Waals surface area contributed by atoms with Crippen LogP contribution in [0, 0.1) is 0 Å². The largest absolute Gasteiger partial charge is 0.497 e. The van der Waals surface area contributed by atoms with Crippen molar-refractivity contribution in [3.63, 3.8) is 0 Å². The second kappa shape index (κ2) is 7.83. The lowest BCUT2D eigenvalue weighted by Crippen LogP contribution is -2.27. The monoisotopic (exact) mass is 357 g/mol. The summed E-state index contributed by atoms with van der Waals surface area (Å²) in [6.45, 7) is 2.69. The lowest BCUT2D eigenvalue weighted by atomic mass is 10.1. The molecule has 0 spiro atoms. The molecule has 2 aromatic rings. The second-order valence-electron chi connectivity index (χ2n) is 6.00. The minimum atomic E-state index is 0.0515. The SMILES string of the molecule is CCc1ccc(C2SCC(=O)N2Cc2cc(OC)cc(OC)c2)cc1. The van der Waals surface area contributed by atoms with Crippen molar-refractivity contribution in [2.24, 2.45) is 0 Å². The van der Waals surface area contributed by atoms with Crippen molar-refractivity contribution in [1.82, 2.24) is 4.90 Å². The number of carbonyl (C=O) groups excluding carboxylic acids is 1. The highest BCUT2D eigenvalue weighted by molar-refractivity contribution is 8.00. The number of thioether (sulfide) groups is 1. The Kier molecular flexibility index (Phi) is 5.53. The molecule has 3 rings (SSSR count). The Hall–Kier alpha value is -2.14. The van der Waals surface area contributed by atoms with Crippen molar-refractivity contribution in [2.45, 2.75) is 25.3 Å². The molecule has 1 aliphatic heterocycles. The predicted octanol–water partition coefficient (Wildman–Crippen LogP) is 4.04. The summed E-state index contributed by atoms with van der Waals surface area (Å²) < 4.78 is 10.7. The lowest BCUT2D eigenvalue weighted by molar-refractivity contribution is -0.128. The van der Waals surface area contributed by atoms with Gasteiger partial charge >= 0.3 is 0 Å². The molecule has 0 aromatic heterocycles. The van der Waals surface area contributed by atoms with E-state index in [0.29, 0.717) is 12.3 Å². The molecular formula is C20H23NO3S. The average molecular weight is 357 g/mol. The molecule has 1 aliphatic rings. The van der Waals surface area contributed by atoms with Crippen LogP contribution < -0.4 is 9.47 Å². The first kappa shape index (κ1) is 17.7. The van der Waals surface area contributed by atoms with Crippen LogP contribution in [0.4, 0.5) is 0 Å². The molecule has 0 aliphatic carbocycles. The third-order valence-electron chi connectivity index (χ3n) is 4.41. The molecule has 0 saturated carbocycles. The summed E-state index contributed by atoms with van der Waals surface area (Å²) in [6.07, 6.45) is 1.02. The Labute approximate surface area is 153 Å². The lowest BCUT2D eigenvalue weighted by Gasteiger charge is -2.25. The Morgan fingerprint density at radius 2 is 1.68 bits per heavy atom. The zero-order valence-corrected chi connectivity index (χ0v) is 15.6. The minimum absolute atomic E-state index is 0.0515.